The molecule has 1 aromatic heterocycles. The van der Waals surface area contributed by atoms with E-state index in [0.717, 1.165) is 29.5 Å². The summed E-state index contributed by atoms with van der Waals surface area (Å²) in [6.07, 6.45) is 1.76. The van der Waals surface area contributed by atoms with Crippen molar-refractivity contribution in [2.45, 2.75) is 12.8 Å². The lowest BCUT2D eigenvalue weighted by Crippen LogP contribution is -2.03. The van der Waals surface area contributed by atoms with Gasteiger partial charge in [-0.05, 0) is 30.5 Å². The van der Waals surface area contributed by atoms with Gasteiger partial charge in [0.05, 0.1) is 0 Å². The lowest BCUT2D eigenvalue weighted by atomic mass is 9.90. The molecule has 0 spiro atoms. The zero-order chi connectivity index (χ0) is 10.4. The Bertz CT molecular complexity index is 531. The molecular formula is C11H10N2O2. The highest BCUT2D eigenvalue weighted by molar-refractivity contribution is 5.72. The van der Waals surface area contributed by atoms with Crippen molar-refractivity contribution in [3.63, 3.8) is 0 Å². The first kappa shape index (κ1) is 8.35. The summed E-state index contributed by atoms with van der Waals surface area (Å²) in [5.41, 5.74) is 8.71. The molecule has 0 saturated carbocycles. The molecule has 76 valence electrons. The number of phenols is 1. The average Bonchev–Trinajstić information content (AvgIpc) is 2.61. The lowest BCUT2D eigenvalue weighted by Gasteiger charge is -2.14. The highest BCUT2D eigenvalue weighted by Gasteiger charge is 2.23. The van der Waals surface area contributed by atoms with E-state index < -0.39 is 0 Å². The number of hydrogen-bond donors (Lipinski definition) is 2. The van der Waals surface area contributed by atoms with Gasteiger partial charge in [-0.15, -0.1) is 0 Å². The Balaban J connectivity index is 2.28. The summed E-state index contributed by atoms with van der Waals surface area (Å²) in [4.78, 5) is 0. The number of fused-ring (bicyclic) bond motifs is 3. The summed E-state index contributed by atoms with van der Waals surface area (Å²) < 4.78 is 5.18. The van der Waals surface area contributed by atoms with Crippen LogP contribution in [0.2, 0.25) is 0 Å². The minimum Gasteiger partial charge on any atom is -0.508 e. The second-order valence-electron chi connectivity index (χ2n) is 3.72. The second-order valence-corrected chi connectivity index (χ2v) is 3.72. The molecule has 1 aliphatic rings. The molecule has 0 fully saturated rings. The molecule has 1 aliphatic carbocycles. The molecule has 0 amide bonds. The number of anilines is 1. The zero-order valence-corrected chi connectivity index (χ0v) is 8.03. The van der Waals surface area contributed by atoms with Crippen LogP contribution in [-0.4, -0.2) is 10.3 Å². The fourth-order valence-electron chi connectivity index (χ4n) is 2.03. The number of aromatic nitrogens is 1. The third kappa shape index (κ3) is 1.11. The Hall–Kier alpha value is -1.97. The van der Waals surface area contributed by atoms with Crippen molar-refractivity contribution in [2.75, 3.05) is 5.73 Å². The van der Waals surface area contributed by atoms with Gasteiger partial charge in [-0.3, -0.25) is 0 Å². The van der Waals surface area contributed by atoms with Crippen LogP contribution < -0.4 is 5.73 Å². The third-order valence-electron chi connectivity index (χ3n) is 2.80. The topological polar surface area (TPSA) is 72.3 Å². The predicted octanol–water partition coefficient (Wildman–Crippen LogP) is 1.73. The molecule has 0 aliphatic heterocycles. The molecule has 3 N–H and O–H groups in total. The minimum absolute atomic E-state index is 0.233. The maximum atomic E-state index is 9.43. The van der Waals surface area contributed by atoms with Crippen LogP contribution in [0.3, 0.4) is 0 Å². The van der Waals surface area contributed by atoms with Crippen LogP contribution in [0.5, 0.6) is 5.75 Å². The van der Waals surface area contributed by atoms with Gasteiger partial charge in [0.2, 0.25) is 0 Å². The molecule has 2 aromatic rings. The number of hydrogen-bond acceptors (Lipinski definition) is 4. The van der Waals surface area contributed by atoms with Gasteiger partial charge < -0.3 is 15.4 Å². The molecule has 0 atom stereocenters. The van der Waals surface area contributed by atoms with Crippen LogP contribution in [0.15, 0.2) is 22.7 Å². The van der Waals surface area contributed by atoms with Crippen molar-refractivity contribution >= 4 is 5.82 Å². The zero-order valence-electron chi connectivity index (χ0n) is 8.03. The summed E-state index contributed by atoms with van der Waals surface area (Å²) in [6.45, 7) is 0. The van der Waals surface area contributed by atoms with Gasteiger partial charge in [0.15, 0.2) is 11.6 Å². The minimum atomic E-state index is 0.233. The first-order chi connectivity index (χ1) is 7.25. The highest BCUT2D eigenvalue weighted by Crippen LogP contribution is 2.37. The van der Waals surface area contributed by atoms with E-state index in [4.69, 9.17) is 10.3 Å². The molecular weight excluding hydrogens is 192 g/mol. The maximum Gasteiger partial charge on any atom is 0.172 e. The predicted molar refractivity (Wildman–Crippen MR) is 55.4 cm³/mol. The van der Waals surface area contributed by atoms with E-state index in [9.17, 15) is 5.11 Å². The fraction of sp³-hybridized carbons (Fsp3) is 0.182. The van der Waals surface area contributed by atoms with Crippen LogP contribution in [0.4, 0.5) is 5.82 Å². The lowest BCUT2D eigenvalue weighted by molar-refractivity contribution is 0.432. The molecule has 0 radical (unpaired) electrons. The average molecular weight is 202 g/mol. The van der Waals surface area contributed by atoms with E-state index in [0.29, 0.717) is 11.6 Å². The monoisotopic (exact) mass is 202 g/mol. The van der Waals surface area contributed by atoms with Crippen molar-refractivity contribution in [3.8, 4) is 17.1 Å². The Kier molecular flexibility index (Phi) is 1.54. The summed E-state index contributed by atoms with van der Waals surface area (Å²) >= 11 is 0. The summed E-state index contributed by atoms with van der Waals surface area (Å²) in [6, 6.07) is 5.29. The largest absolute Gasteiger partial charge is 0.508 e. The molecule has 1 heterocycles. The number of aryl methyl sites for hydroxylation is 1. The van der Waals surface area contributed by atoms with Gasteiger partial charge in [-0.1, -0.05) is 11.2 Å². The smallest absolute Gasteiger partial charge is 0.172 e. The second kappa shape index (κ2) is 2.76. The third-order valence-corrected chi connectivity index (χ3v) is 2.80. The van der Waals surface area contributed by atoms with Crippen molar-refractivity contribution < 1.29 is 9.63 Å². The first-order valence-corrected chi connectivity index (χ1v) is 4.82. The maximum absolute atomic E-state index is 9.43. The van der Waals surface area contributed by atoms with E-state index in [1.165, 1.54) is 0 Å². The van der Waals surface area contributed by atoms with Gasteiger partial charge in [0.1, 0.15) is 5.75 Å². The van der Waals surface area contributed by atoms with Crippen LogP contribution in [-0.2, 0) is 12.8 Å². The van der Waals surface area contributed by atoms with E-state index in [1.54, 1.807) is 12.1 Å². The van der Waals surface area contributed by atoms with E-state index in [2.05, 4.69) is 5.16 Å². The summed E-state index contributed by atoms with van der Waals surface area (Å²) in [5, 5.41) is 13.2. The van der Waals surface area contributed by atoms with Gasteiger partial charge >= 0.3 is 0 Å². The molecule has 0 unspecified atom stereocenters. The van der Waals surface area contributed by atoms with Crippen LogP contribution in [0.1, 0.15) is 11.1 Å². The van der Waals surface area contributed by atoms with Crippen molar-refractivity contribution in [3.05, 3.63) is 29.3 Å². The highest BCUT2D eigenvalue weighted by atomic mass is 16.5. The molecule has 1 aromatic carbocycles. The quantitative estimate of drug-likeness (QED) is 0.682. The number of rotatable bonds is 0. The van der Waals surface area contributed by atoms with E-state index in [1.807, 2.05) is 6.07 Å². The molecule has 0 saturated heterocycles. The van der Waals surface area contributed by atoms with Crippen molar-refractivity contribution in [1.29, 1.82) is 0 Å². The fourth-order valence-corrected chi connectivity index (χ4v) is 2.03. The number of nitrogen functional groups attached to an aromatic ring is 1. The normalized spacial score (nSPS) is 13.3. The van der Waals surface area contributed by atoms with Crippen LogP contribution in [0.25, 0.3) is 11.3 Å². The summed E-state index contributed by atoms with van der Waals surface area (Å²) in [5.74, 6) is 1.39. The molecule has 3 rings (SSSR count). The Morgan fingerprint density at radius 3 is 3.07 bits per heavy atom. The van der Waals surface area contributed by atoms with Gasteiger partial charge in [-0.25, -0.2) is 0 Å². The van der Waals surface area contributed by atoms with E-state index >= 15 is 0 Å². The van der Waals surface area contributed by atoms with Gasteiger partial charge in [0, 0.05) is 11.1 Å². The van der Waals surface area contributed by atoms with Crippen LogP contribution in [0, 0.1) is 0 Å². The molecule has 4 heteroatoms. The van der Waals surface area contributed by atoms with Gasteiger partial charge in [-0.2, -0.15) is 0 Å². The SMILES string of the molecule is Nc1noc2c1CCc1ccc(O)cc1-2. The van der Waals surface area contributed by atoms with Crippen LogP contribution >= 0.6 is 0 Å². The molecule has 4 nitrogen and oxygen atoms in total. The standard InChI is InChI=1S/C11H10N2O2/c12-11-8-4-2-6-1-3-7(14)5-9(6)10(8)15-13-11/h1,3,5,14H,2,4H2,(H2,12,13). The first-order valence-electron chi connectivity index (χ1n) is 4.82. The summed E-state index contributed by atoms with van der Waals surface area (Å²) in [7, 11) is 0. The Morgan fingerprint density at radius 2 is 2.20 bits per heavy atom. The Morgan fingerprint density at radius 1 is 1.33 bits per heavy atom. The Labute approximate surface area is 86.3 Å². The number of nitrogens with two attached hydrogens (primary N) is 1. The number of benzene rings is 1. The van der Waals surface area contributed by atoms with Crippen molar-refractivity contribution in [2.24, 2.45) is 0 Å². The molecule has 0 bridgehead atoms. The van der Waals surface area contributed by atoms with E-state index in [-0.39, 0.29) is 5.75 Å². The number of phenolic OH excluding ortho intramolecular Hbond substituents is 1. The number of aromatic hydroxyl groups is 1. The van der Waals surface area contributed by atoms with Gasteiger partial charge in [0.25, 0.3) is 0 Å². The molecule has 15 heavy (non-hydrogen) atoms. The number of nitrogens with zero attached hydrogens (tertiary/aromatic N) is 1. The van der Waals surface area contributed by atoms with Crippen molar-refractivity contribution in [1.82, 2.24) is 5.16 Å².